The fraction of sp³-hybridized carbons (Fsp3) is 0.688. The number of rotatable bonds is 6. The lowest BCUT2D eigenvalue weighted by molar-refractivity contribution is -0.149. The van der Waals surface area contributed by atoms with Gasteiger partial charge in [0.15, 0.2) is 0 Å². The molecule has 124 valence electrons. The van der Waals surface area contributed by atoms with Crippen molar-refractivity contribution in [2.75, 3.05) is 6.54 Å². The number of aryl methyl sites for hydroxylation is 1. The molecule has 0 atom stereocenters. The average Bonchev–Trinajstić information content (AvgIpc) is 2.82. The van der Waals surface area contributed by atoms with Crippen LogP contribution in [0.1, 0.15) is 67.8 Å². The van der Waals surface area contributed by atoms with Gasteiger partial charge in [-0.2, -0.15) is 0 Å². The summed E-state index contributed by atoms with van der Waals surface area (Å²) in [7, 11) is 0. The van der Waals surface area contributed by atoms with Gasteiger partial charge in [0.1, 0.15) is 4.88 Å². The van der Waals surface area contributed by atoms with Crippen molar-refractivity contribution >= 4 is 23.2 Å². The number of amides is 1. The van der Waals surface area contributed by atoms with E-state index >= 15 is 0 Å². The van der Waals surface area contributed by atoms with Crippen molar-refractivity contribution in [2.24, 2.45) is 5.41 Å². The Morgan fingerprint density at radius 2 is 1.77 bits per heavy atom. The molecule has 0 aliphatic carbocycles. The predicted molar refractivity (Wildman–Crippen MR) is 88.5 cm³/mol. The molecule has 1 heterocycles. The number of aromatic nitrogens is 1. The standard InChI is InChI=1S/C16H26N2O3S/c1-7-16(8-2,14(20)21)9-17-12(19)11-10(3)18-13(22-11)15(4,5)6/h7-9H2,1-6H3,(H,17,19)(H,20,21). The van der Waals surface area contributed by atoms with Crippen molar-refractivity contribution in [3.8, 4) is 0 Å². The Morgan fingerprint density at radius 1 is 1.23 bits per heavy atom. The molecule has 0 saturated heterocycles. The van der Waals surface area contributed by atoms with Crippen molar-refractivity contribution in [2.45, 2.75) is 59.8 Å². The van der Waals surface area contributed by atoms with Crippen LogP contribution in [0.3, 0.4) is 0 Å². The van der Waals surface area contributed by atoms with Crippen LogP contribution in [-0.4, -0.2) is 28.5 Å². The summed E-state index contributed by atoms with van der Waals surface area (Å²) in [5.41, 5.74) is -0.312. The number of carbonyl (C=O) groups is 2. The molecule has 0 unspecified atom stereocenters. The number of carbonyl (C=O) groups excluding carboxylic acids is 1. The molecule has 0 bridgehead atoms. The van der Waals surface area contributed by atoms with Gasteiger partial charge in [0.2, 0.25) is 0 Å². The molecule has 1 aromatic heterocycles. The molecular formula is C16H26N2O3S. The SMILES string of the molecule is CCC(CC)(CNC(=O)c1sc(C(C)(C)C)nc1C)C(=O)O. The van der Waals surface area contributed by atoms with Gasteiger partial charge in [-0.3, -0.25) is 9.59 Å². The van der Waals surface area contributed by atoms with Crippen LogP contribution in [0.25, 0.3) is 0 Å². The van der Waals surface area contributed by atoms with Crippen LogP contribution in [0.4, 0.5) is 0 Å². The quantitative estimate of drug-likeness (QED) is 0.840. The van der Waals surface area contributed by atoms with Crippen molar-refractivity contribution in [1.82, 2.24) is 10.3 Å². The van der Waals surface area contributed by atoms with Crippen molar-refractivity contribution in [3.05, 3.63) is 15.6 Å². The summed E-state index contributed by atoms with van der Waals surface area (Å²) in [6, 6.07) is 0. The van der Waals surface area contributed by atoms with Crippen LogP contribution >= 0.6 is 11.3 Å². The fourth-order valence-corrected chi connectivity index (χ4v) is 3.18. The van der Waals surface area contributed by atoms with E-state index in [2.05, 4.69) is 31.1 Å². The molecule has 0 fully saturated rings. The van der Waals surface area contributed by atoms with Gasteiger partial charge in [0, 0.05) is 12.0 Å². The van der Waals surface area contributed by atoms with E-state index in [4.69, 9.17) is 0 Å². The second-order valence-corrected chi connectivity index (χ2v) is 7.66. The van der Waals surface area contributed by atoms with E-state index in [9.17, 15) is 14.7 Å². The van der Waals surface area contributed by atoms with Crippen LogP contribution in [0.15, 0.2) is 0 Å². The lowest BCUT2D eigenvalue weighted by Crippen LogP contribution is -2.42. The van der Waals surface area contributed by atoms with Crippen LogP contribution in [-0.2, 0) is 10.2 Å². The minimum atomic E-state index is -0.902. The highest BCUT2D eigenvalue weighted by Gasteiger charge is 2.35. The molecule has 0 saturated carbocycles. The van der Waals surface area contributed by atoms with E-state index in [1.807, 2.05) is 20.8 Å². The molecule has 5 nitrogen and oxygen atoms in total. The average molecular weight is 326 g/mol. The van der Waals surface area contributed by atoms with E-state index in [1.165, 1.54) is 11.3 Å². The number of hydrogen-bond donors (Lipinski definition) is 2. The number of hydrogen-bond acceptors (Lipinski definition) is 4. The third-order valence-electron chi connectivity index (χ3n) is 4.04. The Labute approximate surface area is 136 Å². The molecule has 2 N–H and O–H groups in total. The van der Waals surface area contributed by atoms with Crippen molar-refractivity contribution < 1.29 is 14.7 Å². The summed E-state index contributed by atoms with van der Waals surface area (Å²) in [4.78, 5) is 28.9. The van der Waals surface area contributed by atoms with Gasteiger partial charge in [-0.05, 0) is 19.8 Å². The molecule has 0 radical (unpaired) electrons. The summed E-state index contributed by atoms with van der Waals surface area (Å²) in [6.07, 6.45) is 0.960. The first kappa shape index (κ1) is 18.6. The highest BCUT2D eigenvalue weighted by Crippen LogP contribution is 2.30. The molecule has 1 aromatic rings. The van der Waals surface area contributed by atoms with E-state index in [-0.39, 0.29) is 17.9 Å². The van der Waals surface area contributed by atoms with Crippen LogP contribution in [0.2, 0.25) is 0 Å². The monoisotopic (exact) mass is 326 g/mol. The zero-order chi connectivity index (χ0) is 17.1. The Morgan fingerprint density at radius 3 is 2.14 bits per heavy atom. The van der Waals surface area contributed by atoms with Gasteiger partial charge < -0.3 is 10.4 Å². The van der Waals surface area contributed by atoms with Crippen molar-refractivity contribution in [3.63, 3.8) is 0 Å². The summed E-state index contributed by atoms with van der Waals surface area (Å²) in [5, 5.41) is 13.1. The normalized spacial score (nSPS) is 12.3. The molecule has 0 spiro atoms. The highest BCUT2D eigenvalue weighted by atomic mass is 32.1. The van der Waals surface area contributed by atoms with E-state index in [0.717, 1.165) is 5.01 Å². The topological polar surface area (TPSA) is 79.3 Å². The number of thiazole rings is 1. The smallest absolute Gasteiger partial charge is 0.311 e. The first-order valence-electron chi connectivity index (χ1n) is 7.57. The fourth-order valence-electron chi connectivity index (χ4n) is 2.14. The summed E-state index contributed by atoms with van der Waals surface area (Å²) in [5.74, 6) is -1.10. The number of carboxylic acid groups (broad SMARTS) is 1. The van der Waals surface area contributed by atoms with Crippen LogP contribution in [0.5, 0.6) is 0 Å². The first-order valence-corrected chi connectivity index (χ1v) is 8.38. The van der Waals surface area contributed by atoms with E-state index in [1.54, 1.807) is 0 Å². The molecule has 6 heteroatoms. The molecule has 1 amide bonds. The largest absolute Gasteiger partial charge is 0.481 e. The zero-order valence-electron chi connectivity index (χ0n) is 14.2. The molecule has 22 heavy (non-hydrogen) atoms. The van der Waals surface area contributed by atoms with Crippen LogP contribution < -0.4 is 5.32 Å². The maximum atomic E-state index is 12.4. The van der Waals surface area contributed by atoms with Gasteiger partial charge in [-0.15, -0.1) is 11.3 Å². The zero-order valence-corrected chi connectivity index (χ0v) is 15.1. The Balaban J connectivity index is 2.90. The molecule has 0 aromatic carbocycles. The minimum Gasteiger partial charge on any atom is -0.481 e. The van der Waals surface area contributed by atoms with Gasteiger partial charge in [-0.1, -0.05) is 34.6 Å². The predicted octanol–water partition coefficient (Wildman–Crippen LogP) is 3.37. The molecule has 0 aliphatic rings. The molecule has 1 rings (SSSR count). The Hall–Kier alpha value is -1.43. The Bertz CT molecular complexity index is 554. The van der Waals surface area contributed by atoms with E-state index in [0.29, 0.717) is 23.4 Å². The third kappa shape index (κ3) is 3.85. The lowest BCUT2D eigenvalue weighted by Gasteiger charge is -2.26. The Kier molecular flexibility index (Phi) is 5.73. The maximum Gasteiger partial charge on any atom is 0.311 e. The second-order valence-electron chi connectivity index (χ2n) is 6.66. The minimum absolute atomic E-state index is 0.106. The lowest BCUT2D eigenvalue weighted by atomic mass is 9.82. The first-order chi connectivity index (χ1) is 10.1. The van der Waals surface area contributed by atoms with Crippen molar-refractivity contribution in [1.29, 1.82) is 0 Å². The molecule has 0 aliphatic heterocycles. The van der Waals surface area contributed by atoms with Gasteiger partial charge in [-0.25, -0.2) is 4.98 Å². The number of nitrogens with zero attached hydrogens (tertiary/aromatic N) is 1. The summed E-state index contributed by atoms with van der Waals surface area (Å²) >= 11 is 1.38. The highest BCUT2D eigenvalue weighted by molar-refractivity contribution is 7.14. The van der Waals surface area contributed by atoms with Gasteiger partial charge >= 0.3 is 5.97 Å². The number of carboxylic acids is 1. The van der Waals surface area contributed by atoms with Gasteiger partial charge in [0.25, 0.3) is 5.91 Å². The van der Waals surface area contributed by atoms with Gasteiger partial charge in [0.05, 0.1) is 16.1 Å². The molecular weight excluding hydrogens is 300 g/mol. The van der Waals surface area contributed by atoms with E-state index < -0.39 is 11.4 Å². The maximum absolute atomic E-state index is 12.4. The third-order valence-corrected chi connectivity index (χ3v) is 5.62. The second kappa shape index (κ2) is 6.77. The number of nitrogens with one attached hydrogen (secondary N) is 1. The van der Waals surface area contributed by atoms with Crippen LogP contribution in [0, 0.1) is 12.3 Å². The summed E-state index contributed by atoms with van der Waals surface area (Å²) < 4.78 is 0. The summed E-state index contributed by atoms with van der Waals surface area (Å²) in [6.45, 7) is 11.8. The number of aliphatic carboxylic acids is 1.